The van der Waals surface area contributed by atoms with Gasteiger partial charge in [0.15, 0.2) is 0 Å². The van der Waals surface area contributed by atoms with Crippen LogP contribution in [0.25, 0.3) is 33.4 Å². The summed E-state index contributed by atoms with van der Waals surface area (Å²) in [5.41, 5.74) is 8.18. The van der Waals surface area contributed by atoms with E-state index in [2.05, 4.69) is 179 Å². The van der Waals surface area contributed by atoms with Crippen molar-refractivity contribution in [2.24, 2.45) is 0 Å². The molecule has 18 heteroatoms. The molecule has 4 rings (SSSR count). The lowest BCUT2D eigenvalue weighted by atomic mass is 9.86. The molecule has 354 valence electrons. The summed E-state index contributed by atoms with van der Waals surface area (Å²) in [5.74, 6) is 0. The third-order valence-corrected chi connectivity index (χ3v) is 14.4. The van der Waals surface area contributed by atoms with Gasteiger partial charge in [-0.25, -0.2) is 55.9 Å². The average Bonchev–Trinajstić information content (AvgIpc) is 3.03. The van der Waals surface area contributed by atoms with E-state index in [4.69, 9.17) is 55.9 Å². The topological polar surface area (TPSA) is 277 Å². The first-order chi connectivity index (χ1) is 27.5. The van der Waals surface area contributed by atoms with Gasteiger partial charge in [0.1, 0.15) is 0 Å². The third kappa shape index (κ3) is 23.1. The molecule has 0 bridgehead atoms. The molecular formula is C45H63Cl3O12S3. The Bertz CT molecular complexity index is 1770. The molecule has 12 nitrogen and oxygen atoms in total. The van der Waals surface area contributed by atoms with Crippen molar-refractivity contribution in [3.8, 4) is 33.4 Å². The van der Waals surface area contributed by atoms with Crippen LogP contribution in [0, 0.1) is 30.7 Å². The van der Waals surface area contributed by atoms with Crippen LogP contribution in [0.15, 0.2) is 54.6 Å². The second kappa shape index (κ2) is 21.1. The van der Waals surface area contributed by atoms with E-state index in [-0.39, 0.29) is 32.5 Å². The highest BCUT2D eigenvalue weighted by molar-refractivity contribution is 7.12. The van der Waals surface area contributed by atoms with Gasteiger partial charge in [-0.05, 0) is 51.6 Å². The minimum absolute atomic E-state index is 0.0647. The van der Waals surface area contributed by atoms with Crippen LogP contribution in [0.5, 0.6) is 0 Å². The Hall–Kier alpha value is -1.68. The molecule has 4 aromatic rings. The highest BCUT2D eigenvalue weighted by atomic mass is 35.7. The van der Waals surface area contributed by atoms with Gasteiger partial charge in [0.2, 0.25) is 63.3 Å². The molecule has 0 saturated carbocycles. The SMILES string of the molecule is CC(C)(C)c1cc(-c2cc(-c3cc(C(C)(C)C)[s+]c(C(C)(C)C)c3)cc(-c3cc(C(C)(C)C)[s+]c(C(C)(C)C)c3)c2)cc(C(C)(C)C)[s+]1.[O-][Cl+3]([O-])([O-])[O-].[O-][Cl+3]([O-])([O-])[O-].[O-][Cl+3]([O-])([O-])[O-]. The fourth-order valence-electron chi connectivity index (χ4n) is 5.35. The Morgan fingerprint density at radius 1 is 0.238 bits per heavy atom. The number of benzene rings is 1. The van der Waals surface area contributed by atoms with Gasteiger partial charge in [0, 0.05) is 68.9 Å². The molecular weight excluding hydrogens is 935 g/mol. The quantitative estimate of drug-likeness (QED) is 0.262. The Labute approximate surface area is 392 Å². The van der Waals surface area contributed by atoms with Gasteiger partial charge in [-0.1, -0.05) is 125 Å². The Morgan fingerprint density at radius 3 is 0.429 bits per heavy atom. The van der Waals surface area contributed by atoms with Crippen molar-refractivity contribution in [1.82, 2.24) is 0 Å². The summed E-state index contributed by atoms with van der Waals surface area (Å²) < 4.78 is 102. The fourth-order valence-corrected chi connectivity index (χ4v) is 9.01. The Balaban J connectivity index is 0.00000114. The molecule has 0 aliphatic carbocycles. The Morgan fingerprint density at radius 2 is 0.333 bits per heavy atom. The van der Waals surface area contributed by atoms with Crippen LogP contribution in [0.4, 0.5) is 0 Å². The zero-order valence-corrected chi connectivity index (χ0v) is 44.2. The van der Waals surface area contributed by atoms with Crippen LogP contribution in [0.1, 0.15) is 154 Å². The van der Waals surface area contributed by atoms with E-state index in [1.807, 2.05) is 34.0 Å². The molecule has 3 heterocycles. The maximum Gasteiger partial charge on any atom is 0.219 e. The number of hydrogen-bond donors (Lipinski definition) is 0. The van der Waals surface area contributed by atoms with Crippen molar-refractivity contribution < 1.29 is 86.6 Å². The van der Waals surface area contributed by atoms with Gasteiger partial charge < -0.3 is 0 Å². The lowest BCUT2D eigenvalue weighted by molar-refractivity contribution is -2.00. The summed E-state index contributed by atoms with van der Waals surface area (Å²) in [6.07, 6.45) is 0. The maximum absolute atomic E-state index is 8.49. The van der Waals surface area contributed by atoms with Crippen LogP contribution < -0.4 is 55.9 Å². The summed E-state index contributed by atoms with van der Waals surface area (Å²) in [7, 11) is -14.8. The highest BCUT2D eigenvalue weighted by Crippen LogP contribution is 2.44. The maximum atomic E-state index is 8.49. The van der Waals surface area contributed by atoms with Gasteiger partial charge >= 0.3 is 0 Å². The summed E-state index contributed by atoms with van der Waals surface area (Å²) in [6.45, 7) is 42.2. The molecule has 3 aromatic heterocycles. The first kappa shape index (κ1) is 59.3. The highest BCUT2D eigenvalue weighted by Gasteiger charge is 2.35. The molecule has 1 aromatic carbocycles. The number of halogens is 3. The molecule has 0 N–H and O–H groups in total. The van der Waals surface area contributed by atoms with E-state index in [9.17, 15) is 0 Å². The molecule has 0 aliphatic heterocycles. The minimum Gasteiger partial charge on any atom is -0.222 e. The molecule has 0 atom stereocenters. The van der Waals surface area contributed by atoms with Crippen molar-refractivity contribution >= 4 is 34.0 Å². The van der Waals surface area contributed by atoms with E-state index in [1.165, 1.54) is 62.6 Å². The lowest BCUT2D eigenvalue weighted by Crippen LogP contribution is -2.68. The monoisotopic (exact) mass is 996 g/mol. The lowest BCUT2D eigenvalue weighted by Gasteiger charge is -2.19. The van der Waals surface area contributed by atoms with Gasteiger partial charge in [-0.2, -0.15) is 0 Å². The van der Waals surface area contributed by atoms with E-state index in [0.29, 0.717) is 0 Å². The van der Waals surface area contributed by atoms with Crippen LogP contribution >= 0.6 is 34.0 Å². The molecule has 0 radical (unpaired) electrons. The predicted octanol–water partition coefficient (Wildman–Crippen LogP) is 1.23. The largest absolute Gasteiger partial charge is 0.222 e. The van der Waals surface area contributed by atoms with Gasteiger partial charge in [0.25, 0.3) is 0 Å². The van der Waals surface area contributed by atoms with E-state index >= 15 is 0 Å². The molecule has 0 saturated heterocycles. The van der Waals surface area contributed by atoms with Crippen LogP contribution in [-0.4, -0.2) is 0 Å². The summed E-state index contributed by atoms with van der Waals surface area (Å²) in [6, 6.07) is 22.2. The average molecular weight is 999 g/mol. The van der Waals surface area contributed by atoms with Gasteiger partial charge in [0.05, 0.1) is 0 Å². The van der Waals surface area contributed by atoms with Gasteiger partial charge in [-0.15, -0.1) is 30.7 Å². The van der Waals surface area contributed by atoms with Crippen molar-refractivity contribution in [2.75, 3.05) is 0 Å². The van der Waals surface area contributed by atoms with Crippen molar-refractivity contribution in [1.29, 1.82) is 0 Å². The van der Waals surface area contributed by atoms with Crippen molar-refractivity contribution in [2.45, 2.75) is 157 Å². The van der Waals surface area contributed by atoms with Crippen LogP contribution in [0.2, 0.25) is 0 Å². The minimum atomic E-state index is -4.94. The predicted molar refractivity (Wildman–Crippen MR) is 222 cm³/mol. The standard InChI is InChI=1S/C45H63S3.3ClHO4/c1-40(2,3)34-22-31(23-35(46-34)41(4,5)6)28-19-29(32-24-36(42(7,8)9)47-37(25-32)43(10,11)12)21-30(20-28)33-26-38(44(13,14)15)48-39(27-33)45(16,17)18;3*2-1(3,4)5/h19-27H,1-18H3;3*(H,2,3,4,5)/q+3;;;/p-3. The molecule has 63 heavy (non-hydrogen) atoms. The molecule has 0 aliphatic rings. The number of rotatable bonds is 3. The second-order valence-electron chi connectivity index (χ2n) is 21.2. The van der Waals surface area contributed by atoms with Crippen molar-refractivity contribution in [3.63, 3.8) is 0 Å². The normalized spacial score (nSPS) is 13.2. The zero-order chi connectivity index (χ0) is 49.9. The molecule has 0 fully saturated rings. The van der Waals surface area contributed by atoms with E-state index < -0.39 is 30.7 Å². The zero-order valence-electron chi connectivity index (χ0n) is 39.5. The molecule has 0 amide bonds. The smallest absolute Gasteiger partial charge is 0.219 e. The van der Waals surface area contributed by atoms with E-state index in [0.717, 1.165) is 0 Å². The van der Waals surface area contributed by atoms with E-state index in [1.54, 1.807) is 0 Å². The first-order valence-electron chi connectivity index (χ1n) is 19.5. The van der Waals surface area contributed by atoms with Crippen LogP contribution in [0.3, 0.4) is 0 Å². The second-order valence-corrected chi connectivity index (χ2v) is 26.7. The summed E-state index contributed by atoms with van der Waals surface area (Å²) in [4.78, 5) is 8.56. The fraction of sp³-hybridized carbons (Fsp3) is 0.533. The molecule has 0 spiro atoms. The molecule has 0 unspecified atom stereocenters. The van der Waals surface area contributed by atoms with Crippen molar-refractivity contribution in [3.05, 3.63) is 83.9 Å². The summed E-state index contributed by atoms with van der Waals surface area (Å²) in [5, 5.41) is 0. The third-order valence-electron chi connectivity index (χ3n) is 8.75. The van der Waals surface area contributed by atoms with Crippen LogP contribution in [-0.2, 0) is 32.5 Å². The Kier molecular flexibility index (Phi) is 19.9. The summed E-state index contributed by atoms with van der Waals surface area (Å²) >= 11 is 5.90. The van der Waals surface area contributed by atoms with Gasteiger partial charge in [-0.3, -0.25) is 0 Å². The first-order valence-corrected chi connectivity index (χ1v) is 25.7. The number of hydrogen-bond acceptors (Lipinski definition) is 12.